The molecule has 25 heavy (non-hydrogen) atoms. The van der Waals surface area contributed by atoms with Crippen LogP contribution in [0.2, 0.25) is 5.02 Å². The van der Waals surface area contributed by atoms with Crippen molar-refractivity contribution in [2.75, 3.05) is 19.8 Å². The zero-order chi connectivity index (χ0) is 17.6. The number of nitrogens with zero attached hydrogens (tertiary/aromatic N) is 1. The monoisotopic (exact) mass is 362 g/mol. The average molecular weight is 363 g/mol. The quantitative estimate of drug-likeness (QED) is 0.855. The summed E-state index contributed by atoms with van der Waals surface area (Å²) in [6.07, 6.45) is 1.86. The van der Waals surface area contributed by atoms with E-state index in [9.17, 15) is 4.79 Å². The Bertz CT molecular complexity index is 767. The molecule has 1 aliphatic rings. The molecule has 0 atom stereocenters. The number of pyridine rings is 1. The second-order valence-corrected chi connectivity index (χ2v) is 5.86. The van der Waals surface area contributed by atoms with Gasteiger partial charge in [-0.3, -0.25) is 4.79 Å². The molecule has 0 aliphatic carbocycles. The highest BCUT2D eigenvalue weighted by Gasteiger charge is 2.17. The Kier molecular flexibility index (Phi) is 5.60. The van der Waals surface area contributed by atoms with Crippen molar-refractivity contribution in [1.82, 2.24) is 10.3 Å². The maximum absolute atomic E-state index is 12.2. The van der Waals surface area contributed by atoms with Crippen molar-refractivity contribution < 1.29 is 19.0 Å². The molecule has 0 unspecified atom stereocenters. The fraction of sp³-hybridized carbons (Fsp3) is 0.333. The van der Waals surface area contributed by atoms with Gasteiger partial charge in [0.05, 0.1) is 18.1 Å². The lowest BCUT2D eigenvalue weighted by atomic mass is 10.1. The summed E-state index contributed by atoms with van der Waals surface area (Å²) in [7, 11) is 0. The van der Waals surface area contributed by atoms with Crippen LogP contribution in [0.15, 0.2) is 30.5 Å². The Morgan fingerprint density at radius 3 is 3.04 bits per heavy atom. The standard InChI is InChI=1S/C18H19ClN2O4/c1-2-23-18-13(4-3-5-20-18)11-21-16(22)10-12-8-14(19)17-15(9-12)24-6-7-25-17/h3-5,8-9H,2,6-7,10-11H2,1H3,(H,21,22). The van der Waals surface area contributed by atoms with Crippen molar-refractivity contribution in [1.29, 1.82) is 0 Å². The number of amides is 1. The largest absolute Gasteiger partial charge is 0.486 e. The van der Waals surface area contributed by atoms with Gasteiger partial charge in [-0.2, -0.15) is 0 Å². The lowest BCUT2D eigenvalue weighted by Gasteiger charge is -2.20. The molecule has 0 saturated carbocycles. The molecule has 2 aromatic rings. The van der Waals surface area contributed by atoms with Crippen molar-refractivity contribution >= 4 is 17.5 Å². The number of nitrogens with one attached hydrogen (secondary N) is 1. The molecule has 1 aliphatic heterocycles. The van der Waals surface area contributed by atoms with Gasteiger partial charge in [0, 0.05) is 18.3 Å². The Balaban J connectivity index is 1.63. The summed E-state index contributed by atoms with van der Waals surface area (Å²) in [6, 6.07) is 7.20. The molecule has 0 fully saturated rings. The van der Waals surface area contributed by atoms with Crippen LogP contribution in [0, 0.1) is 0 Å². The summed E-state index contributed by atoms with van der Waals surface area (Å²) < 4.78 is 16.5. The highest BCUT2D eigenvalue weighted by molar-refractivity contribution is 6.32. The average Bonchev–Trinajstić information content (AvgIpc) is 2.61. The van der Waals surface area contributed by atoms with Gasteiger partial charge in [-0.15, -0.1) is 0 Å². The number of halogens is 1. The van der Waals surface area contributed by atoms with Crippen molar-refractivity contribution in [3.63, 3.8) is 0 Å². The molecule has 6 nitrogen and oxygen atoms in total. The van der Waals surface area contributed by atoms with E-state index in [1.165, 1.54) is 0 Å². The van der Waals surface area contributed by atoms with Gasteiger partial charge in [0.1, 0.15) is 13.2 Å². The summed E-state index contributed by atoms with van der Waals surface area (Å²) in [5.74, 6) is 1.52. The molecule has 7 heteroatoms. The summed E-state index contributed by atoms with van der Waals surface area (Å²) >= 11 is 6.20. The number of ether oxygens (including phenoxy) is 3. The van der Waals surface area contributed by atoms with Gasteiger partial charge in [0.25, 0.3) is 0 Å². The zero-order valence-corrected chi connectivity index (χ0v) is 14.6. The highest BCUT2D eigenvalue weighted by Crippen LogP contribution is 2.38. The van der Waals surface area contributed by atoms with Gasteiger partial charge < -0.3 is 19.5 Å². The van der Waals surface area contributed by atoms with Gasteiger partial charge in [-0.1, -0.05) is 17.7 Å². The molecular formula is C18H19ClN2O4. The molecule has 1 aromatic carbocycles. The van der Waals surface area contributed by atoms with Crippen molar-refractivity contribution in [3.05, 3.63) is 46.6 Å². The Morgan fingerprint density at radius 2 is 2.20 bits per heavy atom. The van der Waals surface area contributed by atoms with E-state index in [4.69, 9.17) is 25.8 Å². The summed E-state index contributed by atoms with van der Waals surface area (Å²) in [4.78, 5) is 16.4. The van der Waals surface area contributed by atoms with Crippen molar-refractivity contribution in [2.45, 2.75) is 19.9 Å². The lowest BCUT2D eigenvalue weighted by Crippen LogP contribution is -2.25. The number of aromatic nitrogens is 1. The molecule has 1 N–H and O–H groups in total. The summed E-state index contributed by atoms with van der Waals surface area (Å²) in [5.41, 5.74) is 1.60. The molecule has 3 rings (SSSR count). The zero-order valence-electron chi connectivity index (χ0n) is 13.9. The van der Waals surface area contributed by atoms with Crippen LogP contribution in [0.25, 0.3) is 0 Å². The third kappa shape index (κ3) is 4.33. The Labute approximate surface area is 151 Å². The van der Waals surface area contributed by atoms with Gasteiger partial charge in [-0.05, 0) is 30.7 Å². The van der Waals surface area contributed by atoms with E-state index in [0.717, 1.165) is 11.1 Å². The predicted octanol–water partition coefficient (Wildman–Crippen LogP) is 2.76. The maximum Gasteiger partial charge on any atom is 0.224 e. The number of carbonyl (C=O) groups is 1. The number of benzene rings is 1. The number of rotatable bonds is 6. The van der Waals surface area contributed by atoms with Crippen LogP contribution < -0.4 is 19.5 Å². The van der Waals surface area contributed by atoms with Crippen LogP contribution in [0.1, 0.15) is 18.1 Å². The number of fused-ring (bicyclic) bond motifs is 1. The van der Waals surface area contributed by atoms with E-state index >= 15 is 0 Å². The van der Waals surface area contributed by atoms with E-state index in [1.807, 2.05) is 19.1 Å². The third-order valence-electron chi connectivity index (χ3n) is 3.63. The second-order valence-electron chi connectivity index (χ2n) is 5.46. The first-order valence-electron chi connectivity index (χ1n) is 8.08. The van der Waals surface area contributed by atoms with Crippen molar-refractivity contribution in [3.8, 4) is 17.4 Å². The van der Waals surface area contributed by atoms with Crippen LogP contribution in [0.5, 0.6) is 17.4 Å². The third-order valence-corrected chi connectivity index (χ3v) is 3.91. The first kappa shape index (κ1) is 17.4. The minimum absolute atomic E-state index is 0.126. The predicted molar refractivity (Wildman–Crippen MR) is 93.4 cm³/mol. The van der Waals surface area contributed by atoms with Crippen LogP contribution >= 0.6 is 11.6 Å². The fourth-order valence-electron chi connectivity index (χ4n) is 2.53. The molecule has 2 heterocycles. The molecule has 0 saturated heterocycles. The van der Waals surface area contributed by atoms with E-state index in [-0.39, 0.29) is 12.3 Å². The molecule has 1 amide bonds. The molecule has 132 valence electrons. The van der Waals surface area contributed by atoms with Gasteiger partial charge in [0.2, 0.25) is 11.8 Å². The topological polar surface area (TPSA) is 69.7 Å². The van der Waals surface area contributed by atoms with Gasteiger partial charge in [0.15, 0.2) is 11.5 Å². The van der Waals surface area contributed by atoms with E-state index in [2.05, 4.69) is 10.3 Å². The van der Waals surface area contributed by atoms with Crippen LogP contribution in [-0.2, 0) is 17.8 Å². The lowest BCUT2D eigenvalue weighted by molar-refractivity contribution is -0.120. The number of hydrogen-bond acceptors (Lipinski definition) is 5. The van der Waals surface area contributed by atoms with E-state index in [0.29, 0.717) is 48.8 Å². The number of carbonyl (C=O) groups excluding carboxylic acids is 1. The fourth-order valence-corrected chi connectivity index (χ4v) is 2.82. The SMILES string of the molecule is CCOc1ncccc1CNC(=O)Cc1cc(Cl)c2c(c1)OCCO2. The van der Waals surface area contributed by atoms with Gasteiger partial charge >= 0.3 is 0 Å². The normalized spacial score (nSPS) is 12.6. The minimum atomic E-state index is -0.126. The van der Waals surface area contributed by atoms with Gasteiger partial charge in [-0.25, -0.2) is 4.98 Å². The van der Waals surface area contributed by atoms with Crippen LogP contribution in [0.4, 0.5) is 0 Å². The molecule has 1 aromatic heterocycles. The molecule has 0 spiro atoms. The Morgan fingerprint density at radius 1 is 1.36 bits per heavy atom. The maximum atomic E-state index is 12.2. The van der Waals surface area contributed by atoms with Crippen molar-refractivity contribution in [2.24, 2.45) is 0 Å². The Hall–Kier alpha value is -2.47. The van der Waals surface area contributed by atoms with Crippen LogP contribution in [0.3, 0.4) is 0 Å². The molecule has 0 bridgehead atoms. The summed E-state index contributed by atoms with van der Waals surface area (Å²) in [5, 5.41) is 3.32. The number of hydrogen-bond donors (Lipinski definition) is 1. The van der Waals surface area contributed by atoms with E-state index < -0.39 is 0 Å². The van der Waals surface area contributed by atoms with Crippen LogP contribution in [-0.4, -0.2) is 30.7 Å². The smallest absolute Gasteiger partial charge is 0.224 e. The first-order valence-corrected chi connectivity index (χ1v) is 8.46. The second kappa shape index (κ2) is 8.07. The molecular weight excluding hydrogens is 344 g/mol. The summed E-state index contributed by atoms with van der Waals surface area (Å²) in [6.45, 7) is 3.70. The first-order chi connectivity index (χ1) is 12.2. The molecule has 0 radical (unpaired) electrons. The highest BCUT2D eigenvalue weighted by atomic mass is 35.5. The minimum Gasteiger partial charge on any atom is -0.486 e. The van der Waals surface area contributed by atoms with E-state index in [1.54, 1.807) is 18.3 Å².